The number of carbonyl (C=O) groups is 5. The fraction of sp³-hybridized carbons (Fsp3) is 0.500. The summed E-state index contributed by atoms with van der Waals surface area (Å²) in [5.74, 6) is -2.65. The Morgan fingerprint density at radius 1 is 1.21 bits per heavy atom. The van der Waals surface area contributed by atoms with Crippen LogP contribution in [0.25, 0.3) is 0 Å². The lowest BCUT2D eigenvalue weighted by Gasteiger charge is -2.35. The van der Waals surface area contributed by atoms with E-state index >= 15 is 0 Å². The van der Waals surface area contributed by atoms with Gasteiger partial charge in [0, 0.05) is 7.05 Å². The molecule has 2 aliphatic rings. The number of carbonyl (C=O) groups excluding carboxylic acids is 5. The molecule has 5 amide bonds. The number of esters is 1. The second-order valence-electron chi connectivity index (χ2n) is 6.84. The first kappa shape index (κ1) is 20.0. The maximum atomic E-state index is 12.8. The number of rotatable bonds is 5. The molecule has 2 fully saturated rings. The van der Waals surface area contributed by atoms with Gasteiger partial charge in [-0.15, -0.1) is 11.3 Å². The van der Waals surface area contributed by atoms with Crippen LogP contribution in [0.3, 0.4) is 0 Å². The van der Waals surface area contributed by atoms with E-state index in [-0.39, 0.29) is 0 Å². The summed E-state index contributed by atoms with van der Waals surface area (Å²) in [6.45, 7) is -1.23. The maximum Gasteiger partial charge on any atom is 0.327 e. The summed E-state index contributed by atoms with van der Waals surface area (Å²) < 4.78 is 4.83. The number of hydrogen-bond donors (Lipinski definition) is 1. The highest BCUT2D eigenvalue weighted by Crippen LogP contribution is 2.39. The van der Waals surface area contributed by atoms with E-state index in [1.54, 1.807) is 24.6 Å². The Morgan fingerprint density at radius 3 is 2.57 bits per heavy atom. The van der Waals surface area contributed by atoms with E-state index in [0.29, 0.717) is 17.7 Å². The largest absolute Gasteiger partial charge is 0.454 e. The quantitative estimate of drug-likeness (QED) is 0.579. The van der Waals surface area contributed by atoms with Gasteiger partial charge in [0.25, 0.3) is 17.7 Å². The van der Waals surface area contributed by atoms with Crippen LogP contribution in [-0.4, -0.2) is 65.3 Å². The average Bonchev–Trinajstić information content (AvgIpc) is 3.28. The first-order valence-corrected chi connectivity index (χ1v) is 9.86. The summed E-state index contributed by atoms with van der Waals surface area (Å²) in [7, 11) is 1.57. The zero-order chi connectivity index (χ0) is 20.3. The number of thiophene rings is 1. The van der Waals surface area contributed by atoms with Gasteiger partial charge in [-0.1, -0.05) is 25.3 Å². The van der Waals surface area contributed by atoms with Crippen molar-refractivity contribution in [2.24, 2.45) is 0 Å². The molecule has 0 bridgehead atoms. The fourth-order valence-electron chi connectivity index (χ4n) is 3.62. The number of amides is 5. The number of nitrogens with one attached hydrogen (secondary N) is 1. The van der Waals surface area contributed by atoms with E-state index < -0.39 is 48.4 Å². The molecule has 3 rings (SSSR count). The molecule has 1 spiro atoms. The second kappa shape index (κ2) is 8.09. The van der Waals surface area contributed by atoms with Crippen LogP contribution >= 0.6 is 11.3 Å². The summed E-state index contributed by atoms with van der Waals surface area (Å²) in [5, 5.41) is 3.80. The Bertz CT molecular complexity index is 800. The van der Waals surface area contributed by atoms with Gasteiger partial charge in [-0.2, -0.15) is 0 Å². The van der Waals surface area contributed by atoms with Gasteiger partial charge in [0.2, 0.25) is 0 Å². The summed E-state index contributed by atoms with van der Waals surface area (Å²) in [6, 6.07) is 2.69. The van der Waals surface area contributed by atoms with Crippen LogP contribution in [0.15, 0.2) is 17.5 Å². The smallest absolute Gasteiger partial charge is 0.327 e. The average molecular weight is 407 g/mol. The third-order valence-electron chi connectivity index (χ3n) is 5.13. The Labute approximate surface area is 165 Å². The van der Waals surface area contributed by atoms with Gasteiger partial charge in [-0.3, -0.25) is 29.4 Å². The van der Waals surface area contributed by atoms with E-state index in [9.17, 15) is 24.0 Å². The molecule has 1 aromatic rings. The van der Waals surface area contributed by atoms with Crippen LogP contribution in [0.4, 0.5) is 4.79 Å². The highest BCUT2D eigenvalue weighted by Gasteiger charge is 2.55. The molecular formula is C18H21N3O6S. The molecule has 0 radical (unpaired) electrons. The van der Waals surface area contributed by atoms with Crippen molar-refractivity contribution >= 4 is 41.1 Å². The normalized spacial score (nSPS) is 18.5. The van der Waals surface area contributed by atoms with Crippen molar-refractivity contribution in [3.63, 3.8) is 0 Å². The van der Waals surface area contributed by atoms with Crippen molar-refractivity contribution in [2.75, 3.05) is 20.2 Å². The van der Waals surface area contributed by atoms with Gasteiger partial charge in [0.1, 0.15) is 12.1 Å². The van der Waals surface area contributed by atoms with Crippen LogP contribution in [0, 0.1) is 0 Å². The van der Waals surface area contributed by atoms with Gasteiger partial charge < -0.3 is 9.64 Å². The summed E-state index contributed by atoms with van der Waals surface area (Å²) in [4.78, 5) is 63.4. The van der Waals surface area contributed by atoms with Gasteiger partial charge in [0.15, 0.2) is 6.61 Å². The molecule has 1 saturated heterocycles. The van der Waals surface area contributed by atoms with Gasteiger partial charge in [-0.05, 0) is 24.3 Å². The zero-order valence-electron chi connectivity index (χ0n) is 15.4. The van der Waals surface area contributed by atoms with Crippen LogP contribution < -0.4 is 5.32 Å². The van der Waals surface area contributed by atoms with Crippen molar-refractivity contribution in [3.05, 3.63) is 22.4 Å². The Balaban J connectivity index is 1.52. The van der Waals surface area contributed by atoms with E-state index in [0.717, 1.165) is 24.2 Å². The molecule has 10 heteroatoms. The van der Waals surface area contributed by atoms with Crippen LogP contribution in [0.2, 0.25) is 0 Å². The number of ether oxygens (including phenoxy) is 1. The number of urea groups is 1. The molecule has 0 aromatic carbocycles. The van der Waals surface area contributed by atoms with Gasteiger partial charge in [0.05, 0.1) is 4.88 Å². The minimum Gasteiger partial charge on any atom is -0.454 e. The first-order valence-electron chi connectivity index (χ1n) is 8.98. The molecular weight excluding hydrogens is 386 g/mol. The molecule has 1 N–H and O–H groups in total. The molecule has 1 aliphatic carbocycles. The molecule has 2 heterocycles. The molecule has 1 aliphatic heterocycles. The maximum absolute atomic E-state index is 12.8. The Morgan fingerprint density at radius 2 is 1.93 bits per heavy atom. The fourth-order valence-corrected chi connectivity index (χ4v) is 4.24. The number of hydrogen-bond acceptors (Lipinski definition) is 7. The molecule has 0 atom stereocenters. The predicted molar refractivity (Wildman–Crippen MR) is 98.4 cm³/mol. The minimum atomic E-state index is -0.887. The van der Waals surface area contributed by atoms with E-state index in [1.165, 1.54) is 16.2 Å². The Hall–Kier alpha value is -2.75. The van der Waals surface area contributed by atoms with Crippen molar-refractivity contribution in [3.8, 4) is 0 Å². The number of nitrogens with zero attached hydrogens (tertiary/aromatic N) is 2. The molecule has 150 valence electrons. The van der Waals surface area contributed by atoms with Crippen molar-refractivity contribution < 1.29 is 28.7 Å². The lowest BCUT2D eigenvalue weighted by atomic mass is 9.81. The van der Waals surface area contributed by atoms with Crippen molar-refractivity contribution in [1.29, 1.82) is 0 Å². The Kier molecular flexibility index (Phi) is 5.78. The topological polar surface area (TPSA) is 113 Å². The lowest BCUT2D eigenvalue weighted by molar-refractivity contribution is -0.151. The van der Waals surface area contributed by atoms with Crippen molar-refractivity contribution in [2.45, 2.75) is 37.6 Å². The first-order chi connectivity index (χ1) is 13.3. The highest BCUT2D eigenvalue weighted by molar-refractivity contribution is 7.12. The minimum absolute atomic E-state index is 0.355. The SMILES string of the molecule is CN1C(=O)N(CC(=O)OCC(=O)NC(=O)c2cccs2)C(=O)C12CCCCC2. The lowest BCUT2D eigenvalue weighted by Crippen LogP contribution is -2.49. The van der Waals surface area contributed by atoms with E-state index in [4.69, 9.17) is 4.74 Å². The molecule has 28 heavy (non-hydrogen) atoms. The molecule has 1 saturated carbocycles. The molecule has 0 unspecified atom stereocenters. The second-order valence-corrected chi connectivity index (χ2v) is 7.79. The summed E-state index contributed by atoms with van der Waals surface area (Å²) in [5.41, 5.74) is -0.875. The van der Waals surface area contributed by atoms with Crippen LogP contribution in [0.1, 0.15) is 41.8 Å². The van der Waals surface area contributed by atoms with E-state index in [2.05, 4.69) is 5.32 Å². The van der Waals surface area contributed by atoms with Crippen LogP contribution in [-0.2, 0) is 19.1 Å². The summed E-state index contributed by atoms with van der Waals surface area (Å²) in [6.07, 6.45) is 3.86. The van der Waals surface area contributed by atoms with Gasteiger partial charge in [-0.25, -0.2) is 4.79 Å². The zero-order valence-corrected chi connectivity index (χ0v) is 16.3. The third kappa shape index (κ3) is 3.77. The highest BCUT2D eigenvalue weighted by atomic mass is 32.1. The number of likely N-dealkylation sites (N-methyl/N-ethyl adjacent to an activating group) is 1. The third-order valence-corrected chi connectivity index (χ3v) is 6.00. The number of imide groups is 2. The van der Waals surface area contributed by atoms with Crippen LogP contribution in [0.5, 0.6) is 0 Å². The van der Waals surface area contributed by atoms with E-state index in [1.807, 2.05) is 0 Å². The summed E-state index contributed by atoms with van der Waals surface area (Å²) >= 11 is 1.17. The molecule has 9 nitrogen and oxygen atoms in total. The standard InChI is InChI=1S/C18H21N3O6S/c1-20-17(26)21(16(25)18(20)7-3-2-4-8-18)10-14(23)27-11-13(22)19-15(24)12-6-5-9-28-12/h5-6,9H,2-4,7-8,10-11H2,1H3,(H,19,22,24). The predicted octanol–water partition coefficient (Wildman–Crippen LogP) is 1.14. The van der Waals surface area contributed by atoms with Crippen molar-refractivity contribution in [1.82, 2.24) is 15.1 Å². The van der Waals surface area contributed by atoms with Gasteiger partial charge >= 0.3 is 12.0 Å². The monoisotopic (exact) mass is 407 g/mol. The molecule has 1 aromatic heterocycles.